The van der Waals surface area contributed by atoms with Gasteiger partial charge in [0, 0.05) is 11.6 Å². The van der Waals surface area contributed by atoms with Gasteiger partial charge in [0.05, 0.1) is 7.11 Å². The van der Waals surface area contributed by atoms with Crippen LogP contribution in [0, 0.1) is 5.92 Å². The van der Waals surface area contributed by atoms with Gasteiger partial charge in [-0.25, -0.2) is 0 Å². The number of rotatable bonds is 3. The molecular formula is C12H17NO2. The quantitative estimate of drug-likeness (QED) is 0.798. The van der Waals surface area contributed by atoms with Crippen LogP contribution < -0.4 is 10.5 Å². The van der Waals surface area contributed by atoms with Gasteiger partial charge in [-0.1, -0.05) is 6.42 Å². The standard InChI is InChI=1S/C12H17NO2/c1-15-9-5-6-11(14)10(7-9)12(13)8-3-2-4-8/h5-8,12,14H,2-4,13H2,1H3/t12-/m1/s1. The number of ether oxygens (including phenoxy) is 1. The minimum atomic E-state index is -0.0613. The summed E-state index contributed by atoms with van der Waals surface area (Å²) in [6.45, 7) is 0. The van der Waals surface area contributed by atoms with Crippen molar-refractivity contribution in [2.75, 3.05) is 7.11 Å². The molecule has 3 N–H and O–H groups in total. The highest BCUT2D eigenvalue weighted by Gasteiger charge is 2.27. The zero-order valence-corrected chi connectivity index (χ0v) is 8.94. The molecule has 1 atom stereocenters. The molecule has 1 saturated carbocycles. The van der Waals surface area contributed by atoms with Crippen LogP contribution in [0.5, 0.6) is 11.5 Å². The van der Waals surface area contributed by atoms with Crippen LogP contribution in [-0.4, -0.2) is 12.2 Å². The van der Waals surface area contributed by atoms with E-state index < -0.39 is 0 Å². The van der Waals surface area contributed by atoms with E-state index in [2.05, 4.69) is 0 Å². The lowest BCUT2D eigenvalue weighted by molar-refractivity contribution is 0.260. The van der Waals surface area contributed by atoms with Crippen molar-refractivity contribution >= 4 is 0 Å². The molecule has 2 rings (SSSR count). The van der Waals surface area contributed by atoms with Crippen molar-refractivity contribution in [1.82, 2.24) is 0 Å². The predicted octanol–water partition coefficient (Wildman–Crippen LogP) is 2.20. The molecule has 0 amide bonds. The zero-order valence-electron chi connectivity index (χ0n) is 8.94. The molecule has 1 aliphatic carbocycles. The predicted molar refractivity (Wildman–Crippen MR) is 58.9 cm³/mol. The van der Waals surface area contributed by atoms with Gasteiger partial charge in [0.25, 0.3) is 0 Å². The van der Waals surface area contributed by atoms with Crippen molar-refractivity contribution in [2.45, 2.75) is 25.3 Å². The van der Waals surface area contributed by atoms with E-state index >= 15 is 0 Å². The number of methoxy groups -OCH3 is 1. The lowest BCUT2D eigenvalue weighted by Gasteiger charge is -2.31. The third-order valence-electron chi connectivity index (χ3n) is 3.25. The Balaban J connectivity index is 2.24. The Morgan fingerprint density at radius 2 is 2.20 bits per heavy atom. The highest BCUT2D eigenvalue weighted by molar-refractivity contribution is 5.41. The smallest absolute Gasteiger partial charge is 0.120 e. The summed E-state index contributed by atoms with van der Waals surface area (Å²) in [5.41, 5.74) is 6.91. The lowest BCUT2D eigenvalue weighted by atomic mass is 9.77. The molecule has 0 heterocycles. The molecule has 0 bridgehead atoms. The summed E-state index contributed by atoms with van der Waals surface area (Å²) in [5, 5.41) is 9.73. The molecule has 82 valence electrons. The first-order valence-corrected chi connectivity index (χ1v) is 5.35. The van der Waals surface area contributed by atoms with Crippen molar-refractivity contribution in [3.63, 3.8) is 0 Å². The van der Waals surface area contributed by atoms with Gasteiger partial charge in [-0.2, -0.15) is 0 Å². The third-order valence-corrected chi connectivity index (χ3v) is 3.25. The lowest BCUT2D eigenvalue weighted by Crippen LogP contribution is -2.26. The summed E-state index contributed by atoms with van der Waals surface area (Å²) >= 11 is 0. The van der Waals surface area contributed by atoms with Crippen molar-refractivity contribution in [3.8, 4) is 11.5 Å². The Morgan fingerprint density at radius 1 is 1.47 bits per heavy atom. The van der Waals surface area contributed by atoms with Crippen LogP contribution in [0.3, 0.4) is 0 Å². The highest BCUT2D eigenvalue weighted by Crippen LogP contribution is 2.39. The molecule has 1 aromatic carbocycles. The minimum Gasteiger partial charge on any atom is -0.508 e. The first-order chi connectivity index (χ1) is 7.22. The van der Waals surface area contributed by atoms with Crippen LogP contribution in [0.4, 0.5) is 0 Å². The maximum absolute atomic E-state index is 9.73. The SMILES string of the molecule is COc1ccc(O)c([C@H](N)C2CCC2)c1. The number of phenols is 1. The van der Waals surface area contributed by atoms with Crippen molar-refractivity contribution < 1.29 is 9.84 Å². The minimum absolute atomic E-state index is 0.0613. The normalized spacial score (nSPS) is 18.3. The molecule has 1 aliphatic rings. The number of hydrogen-bond donors (Lipinski definition) is 2. The molecule has 0 unspecified atom stereocenters. The number of phenolic OH excluding ortho intramolecular Hbond substituents is 1. The first-order valence-electron chi connectivity index (χ1n) is 5.35. The highest BCUT2D eigenvalue weighted by atomic mass is 16.5. The molecule has 3 heteroatoms. The van der Waals surface area contributed by atoms with E-state index in [1.54, 1.807) is 19.2 Å². The van der Waals surface area contributed by atoms with Gasteiger partial charge in [-0.15, -0.1) is 0 Å². The average Bonchev–Trinajstić information content (AvgIpc) is 2.15. The Kier molecular flexibility index (Phi) is 2.82. The van der Waals surface area contributed by atoms with Crippen LogP contribution in [0.1, 0.15) is 30.9 Å². The summed E-state index contributed by atoms with van der Waals surface area (Å²) in [6, 6.07) is 5.16. The van der Waals surface area contributed by atoms with Crippen LogP contribution >= 0.6 is 0 Å². The van der Waals surface area contributed by atoms with E-state index in [0.717, 1.165) is 24.2 Å². The maximum atomic E-state index is 9.73. The maximum Gasteiger partial charge on any atom is 0.120 e. The van der Waals surface area contributed by atoms with E-state index in [-0.39, 0.29) is 11.8 Å². The van der Waals surface area contributed by atoms with Crippen molar-refractivity contribution in [2.24, 2.45) is 11.7 Å². The fraction of sp³-hybridized carbons (Fsp3) is 0.500. The van der Waals surface area contributed by atoms with Crippen LogP contribution in [0.25, 0.3) is 0 Å². The zero-order chi connectivity index (χ0) is 10.8. The largest absolute Gasteiger partial charge is 0.508 e. The average molecular weight is 207 g/mol. The Bertz CT molecular complexity index is 347. The topological polar surface area (TPSA) is 55.5 Å². The second kappa shape index (κ2) is 4.11. The molecule has 3 nitrogen and oxygen atoms in total. The second-order valence-corrected chi connectivity index (χ2v) is 4.14. The van der Waals surface area contributed by atoms with Crippen molar-refractivity contribution in [3.05, 3.63) is 23.8 Å². The third kappa shape index (κ3) is 1.92. The van der Waals surface area contributed by atoms with Crippen LogP contribution in [-0.2, 0) is 0 Å². The summed E-state index contributed by atoms with van der Waals surface area (Å²) < 4.78 is 5.12. The summed E-state index contributed by atoms with van der Waals surface area (Å²) in [6.07, 6.45) is 3.58. The van der Waals surface area contributed by atoms with E-state index in [4.69, 9.17) is 10.5 Å². The van der Waals surface area contributed by atoms with E-state index in [1.807, 2.05) is 6.07 Å². The van der Waals surface area contributed by atoms with Crippen LogP contribution in [0.2, 0.25) is 0 Å². The monoisotopic (exact) mass is 207 g/mol. The molecule has 1 aromatic rings. The fourth-order valence-electron chi connectivity index (χ4n) is 1.98. The van der Waals surface area contributed by atoms with Crippen molar-refractivity contribution in [1.29, 1.82) is 0 Å². The van der Waals surface area contributed by atoms with E-state index in [9.17, 15) is 5.11 Å². The van der Waals surface area contributed by atoms with Crippen LogP contribution in [0.15, 0.2) is 18.2 Å². The van der Waals surface area contributed by atoms with Gasteiger partial charge in [0.1, 0.15) is 11.5 Å². The Morgan fingerprint density at radius 3 is 2.73 bits per heavy atom. The van der Waals surface area contributed by atoms with Gasteiger partial charge in [0.15, 0.2) is 0 Å². The molecule has 0 spiro atoms. The second-order valence-electron chi connectivity index (χ2n) is 4.14. The summed E-state index contributed by atoms with van der Waals surface area (Å²) in [5.74, 6) is 1.54. The molecule has 1 fully saturated rings. The Hall–Kier alpha value is -1.22. The molecular weight excluding hydrogens is 190 g/mol. The fourth-order valence-corrected chi connectivity index (χ4v) is 1.98. The van der Waals surface area contributed by atoms with Gasteiger partial charge in [-0.3, -0.25) is 0 Å². The number of aromatic hydroxyl groups is 1. The number of hydrogen-bond acceptors (Lipinski definition) is 3. The van der Waals surface area contributed by atoms with E-state index in [1.165, 1.54) is 6.42 Å². The molecule has 0 aliphatic heterocycles. The molecule has 0 saturated heterocycles. The number of benzene rings is 1. The number of nitrogens with two attached hydrogens (primary N) is 1. The summed E-state index contributed by atoms with van der Waals surface area (Å²) in [4.78, 5) is 0. The Labute approximate surface area is 89.9 Å². The molecule has 15 heavy (non-hydrogen) atoms. The molecule has 0 radical (unpaired) electrons. The first kappa shape index (κ1) is 10.3. The van der Waals surface area contributed by atoms with Gasteiger partial charge in [-0.05, 0) is 37.0 Å². The summed E-state index contributed by atoms with van der Waals surface area (Å²) in [7, 11) is 1.62. The van der Waals surface area contributed by atoms with Gasteiger partial charge < -0.3 is 15.6 Å². The molecule has 0 aromatic heterocycles. The van der Waals surface area contributed by atoms with E-state index in [0.29, 0.717) is 5.92 Å². The van der Waals surface area contributed by atoms with Gasteiger partial charge in [0.2, 0.25) is 0 Å². The van der Waals surface area contributed by atoms with Gasteiger partial charge >= 0.3 is 0 Å².